The van der Waals surface area contributed by atoms with Gasteiger partial charge in [0.25, 0.3) is 0 Å². The number of carbonyl (C=O) groups excluding carboxylic acids is 1. The zero-order valence-corrected chi connectivity index (χ0v) is 8.23. The second-order valence-corrected chi connectivity index (χ2v) is 3.20. The van der Waals surface area contributed by atoms with Crippen LogP contribution in [0.5, 0.6) is 0 Å². The minimum Gasteiger partial charge on any atom is -0.293 e. The van der Waals surface area contributed by atoms with Crippen LogP contribution in [0.3, 0.4) is 0 Å². The Bertz CT molecular complexity index is 337. The third-order valence-electron chi connectivity index (χ3n) is 2.11. The zero-order valence-electron chi connectivity index (χ0n) is 8.23. The number of hydrogen-bond donors (Lipinski definition) is 0. The molecule has 2 nitrogen and oxygen atoms in total. The Kier molecular flexibility index (Phi) is 3.87. The highest BCUT2D eigenvalue weighted by Gasteiger charge is 2.17. The van der Waals surface area contributed by atoms with Crippen molar-refractivity contribution < 1.29 is 4.79 Å². The first-order valence-electron chi connectivity index (χ1n) is 4.78. The van der Waals surface area contributed by atoms with Crippen molar-refractivity contribution in [3.05, 3.63) is 35.9 Å². The summed E-state index contributed by atoms with van der Waals surface area (Å²) in [5.41, 5.74) is 0.632. The molecule has 72 valence electrons. The molecule has 0 heterocycles. The lowest BCUT2D eigenvalue weighted by atomic mass is 9.95. The summed E-state index contributed by atoms with van der Waals surface area (Å²) in [7, 11) is 0. The van der Waals surface area contributed by atoms with Gasteiger partial charge in [0, 0.05) is 5.56 Å². The molecule has 0 aliphatic rings. The summed E-state index contributed by atoms with van der Waals surface area (Å²) < 4.78 is 0. The summed E-state index contributed by atoms with van der Waals surface area (Å²) in [6.07, 6.45) is 1.50. The molecule has 0 radical (unpaired) electrons. The molecule has 0 spiro atoms. The van der Waals surface area contributed by atoms with Gasteiger partial charge in [-0.05, 0) is 6.42 Å². The van der Waals surface area contributed by atoms with Crippen LogP contribution in [0.25, 0.3) is 0 Å². The predicted octanol–water partition coefficient (Wildman–Crippen LogP) is 2.81. The van der Waals surface area contributed by atoms with Crippen LogP contribution in [0.4, 0.5) is 0 Å². The van der Waals surface area contributed by atoms with Gasteiger partial charge in [-0.2, -0.15) is 5.26 Å². The number of Topliss-reactive ketones (excluding diaryl/α,β-unsaturated/α-hetero) is 1. The maximum Gasteiger partial charge on any atom is 0.179 e. The lowest BCUT2D eigenvalue weighted by Crippen LogP contribution is -2.12. The standard InChI is InChI=1S/C12H13NO/c1-2-6-11(9-13)12(14)10-7-4-3-5-8-10/h3-5,7-8,11H,2,6H2,1H3/t11-/m1/s1. The summed E-state index contributed by atoms with van der Waals surface area (Å²) in [6.45, 7) is 1.97. The van der Waals surface area contributed by atoms with Gasteiger partial charge in [-0.1, -0.05) is 43.7 Å². The first-order valence-corrected chi connectivity index (χ1v) is 4.78. The number of carbonyl (C=O) groups is 1. The molecule has 1 aromatic carbocycles. The lowest BCUT2D eigenvalue weighted by molar-refractivity contribution is 0.0943. The van der Waals surface area contributed by atoms with Crippen molar-refractivity contribution in [2.75, 3.05) is 0 Å². The van der Waals surface area contributed by atoms with Crippen LogP contribution in [0.1, 0.15) is 30.1 Å². The Morgan fingerprint density at radius 1 is 1.43 bits per heavy atom. The zero-order chi connectivity index (χ0) is 10.4. The quantitative estimate of drug-likeness (QED) is 0.680. The maximum absolute atomic E-state index is 11.7. The molecule has 1 atom stereocenters. The van der Waals surface area contributed by atoms with E-state index in [4.69, 9.17) is 5.26 Å². The normalized spacial score (nSPS) is 11.7. The summed E-state index contributed by atoms with van der Waals surface area (Å²) in [5, 5.41) is 8.82. The Labute approximate surface area is 84.2 Å². The van der Waals surface area contributed by atoms with E-state index >= 15 is 0 Å². The first-order chi connectivity index (χ1) is 6.79. The number of nitriles is 1. The Morgan fingerprint density at radius 2 is 2.07 bits per heavy atom. The molecule has 0 saturated carbocycles. The fourth-order valence-electron chi connectivity index (χ4n) is 1.35. The van der Waals surface area contributed by atoms with Crippen molar-refractivity contribution in [1.29, 1.82) is 5.26 Å². The molecule has 1 aromatic rings. The topological polar surface area (TPSA) is 40.9 Å². The highest BCUT2D eigenvalue weighted by molar-refractivity contribution is 5.99. The predicted molar refractivity (Wildman–Crippen MR) is 54.8 cm³/mol. The fraction of sp³-hybridized carbons (Fsp3) is 0.333. The van der Waals surface area contributed by atoms with Crippen molar-refractivity contribution in [3.63, 3.8) is 0 Å². The molecule has 0 N–H and O–H groups in total. The molecule has 0 amide bonds. The van der Waals surface area contributed by atoms with Crippen LogP contribution in [-0.4, -0.2) is 5.78 Å². The Morgan fingerprint density at radius 3 is 2.57 bits per heavy atom. The van der Waals surface area contributed by atoms with E-state index < -0.39 is 5.92 Å². The van der Waals surface area contributed by atoms with Crippen LogP contribution in [0.2, 0.25) is 0 Å². The van der Waals surface area contributed by atoms with Crippen LogP contribution < -0.4 is 0 Å². The van der Waals surface area contributed by atoms with E-state index in [0.29, 0.717) is 12.0 Å². The van der Waals surface area contributed by atoms with Crippen LogP contribution in [0, 0.1) is 17.2 Å². The summed E-state index contributed by atoms with van der Waals surface area (Å²) >= 11 is 0. The Hall–Kier alpha value is -1.62. The minimum absolute atomic E-state index is 0.0602. The van der Waals surface area contributed by atoms with Gasteiger partial charge in [-0.15, -0.1) is 0 Å². The number of ketones is 1. The highest BCUT2D eigenvalue weighted by Crippen LogP contribution is 2.13. The van der Waals surface area contributed by atoms with Crippen LogP contribution in [-0.2, 0) is 0 Å². The molecular formula is C12H13NO. The molecule has 0 unspecified atom stereocenters. The van der Waals surface area contributed by atoms with Gasteiger partial charge >= 0.3 is 0 Å². The van der Waals surface area contributed by atoms with Gasteiger partial charge in [0.05, 0.1) is 6.07 Å². The van der Waals surface area contributed by atoms with Crippen LogP contribution in [0.15, 0.2) is 30.3 Å². The average molecular weight is 187 g/mol. The van der Waals surface area contributed by atoms with Crippen LogP contribution >= 0.6 is 0 Å². The van der Waals surface area contributed by atoms with Crippen molar-refractivity contribution >= 4 is 5.78 Å². The van der Waals surface area contributed by atoms with Gasteiger partial charge in [0.15, 0.2) is 5.78 Å². The SMILES string of the molecule is CCC[C@H](C#N)C(=O)c1ccccc1. The number of nitrogens with zero attached hydrogens (tertiary/aromatic N) is 1. The molecular weight excluding hydrogens is 174 g/mol. The highest BCUT2D eigenvalue weighted by atomic mass is 16.1. The van der Waals surface area contributed by atoms with Gasteiger partial charge in [0.1, 0.15) is 5.92 Å². The van der Waals surface area contributed by atoms with E-state index in [-0.39, 0.29) is 5.78 Å². The first kappa shape index (κ1) is 10.5. The van der Waals surface area contributed by atoms with Crippen molar-refractivity contribution in [3.8, 4) is 6.07 Å². The van der Waals surface area contributed by atoms with Gasteiger partial charge in [-0.3, -0.25) is 4.79 Å². The average Bonchev–Trinajstić information content (AvgIpc) is 2.26. The molecule has 0 aliphatic carbocycles. The molecule has 0 bridgehead atoms. The second-order valence-electron chi connectivity index (χ2n) is 3.20. The molecule has 0 aliphatic heterocycles. The Balaban J connectivity index is 2.80. The van der Waals surface area contributed by atoms with Crippen molar-refractivity contribution in [2.24, 2.45) is 5.92 Å². The molecule has 14 heavy (non-hydrogen) atoms. The molecule has 1 rings (SSSR count). The van der Waals surface area contributed by atoms with E-state index in [1.165, 1.54) is 0 Å². The smallest absolute Gasteiger partial charge is 0.179 e. The number of benzene rings is 1. The van der Waals surface area contributed by atoms with E-state index in [1.807, 2.05) is 25.1 Å². The van der Waals surface area contributed by atoms with Gasteiger partial charge in [-0.25, -0.2) is 0 Å². The summed E-state index contributed by atoms with van der Waals surface area (Å²) in [4.78, 5) is 11.7. The third kappa shape index (κ3) is 2.43. The molecule has 2 heteroatoms. The monoisotopic (exact) mass is 187 g/mol. The second kappa shape index (κ2) is 5.18. The number of hydrogen-bond acceptors (Lipinski definition) is 2. The number of rotatable bonds is 4. The lowest BCUT2D eigenvalue weighted by Gasteiger charge is -2.05. The molecule has 0 saturated heterocycles. The van der Waals surface area contributed by atoms with Gasteiger partial charge < -0.3 is 0 Å². The minimum atomic E-state index is -0.484. The summed E-state index contributed by atoms with van der Waals surface area (Å²) in [6, 6.07) is 11.0. The van der Waals surface area contributed by atoms with Crippen molar-refractivity contribution in [2.45, 2.75) is 19.8 Å². The molecule has 0 aromatic heterocycles. The van der Waals surface area contributed by atoms with Crippen molar-refractivity contribution in [1.82, 2.24) is 0 Å². The van der Waals surface area contributed by atoms with E-state index in [2.05, 4.69) is 6.07 Å². The largest absolute Gasteiger partial charge is 0.293 e. The van der Waals surface area contributed by atoms with E-state index in [1.54, 1.807) is 12.1 Å². The van der Waals surface area contributed by atoms with Gasteiger partial charge in [0.2, 0.25) is 0 Å². The van der Waals surface area contributed by atoms with E-state index in [0.717, 1.165) is 6.42 Å². The van der Waals surface area contributed by atoms with E-state index in [9.17, 15) is 4.79 Å². The molecule has 0 fully saturated rings. The summed E-state index contributed by atoms with van der Waals surface area (Å²) in [5.74, 6) is -0.544. The fourth-order valence-corrected chi connectivity index (χ4v) is 1.35. The third-order valence-corrected chi connectivity index (χ3v) is 2.11. The maximum atomic E-state index is 11.7.